The highest BCUT2D eigenvalue weighted by Crippen LogP contribution is 2.42. The third-order valence-corrected chi connectivity index (χ3v) is 4.65. The molecule has 0 unspecified atom stereocenters. The highest BCUT2D eigenvalue weighted by molar-refractivity contribution is 9.10. The lowest BCUT2D eigenvalue weighted by Crippen LogP contribution is -2.07. The van der Waals surface area contributed by atoms with Crippen molar-refractivity contribution in [1.82, 2.24) is 4.98 Å². The maximum atomic E-state index is 11.8. The molecular weight excluding hydrogens is 328 g/mol. The van der Waals surface area contributed by atoms with Gasteiger partial charge in [0, 0.05) is 19.9 Å². The first-order valence-electron chi connectivity index (χ1n) is 5.78. The number of ether oxygens (including phenoxy) is 1. The normalized spacial score (nSPS) is 11.3. The van der Waals surface area contributed by atoms with Crippen molar-refractivity contribution in [2.75, 3.05) is 12.3 Å². The molecule has 0 aliphatic heterocycles. The number of fused-ring (bicyclic) bond motifs is 3. The second kappa shape index (κ2) is 4.54. The third-order valence-electron chi connectivity index (χ3n) is 2.92. The summed E-state index contributed by atoms with van der Waals surface area (Å²) in [5, 5.41) is 1.92. The Morgan fingerprint density at radius 2 is 2.26 bits per heavy atom. The fourth-order valence-corrected chi connectivity index (χ4v) is 3.97. The van der Waals surface area contributed by atoms with Crippen molar-refractivity contribution in [3.05, 3.63) is 28.4 Å². The van der Waals surface area contributed by atoms with E-state index >= 15 is 0 Å². The van der Waals surface area contributed by atoms with Crippen molar-refractivity contribution >= 4 is 59.2 Å². The zero-order chi connectivity index (χ0) is 13.6. The Bertz CT molecular complexity index is 791. The van der Waals surface area contributed by atoms with E-state index in [1.165, 1.54) is 0 Å². The first-order chi connectivity index (χ1) is 9.13. The van der Waals surface area contributed by atoms with Gasteiger partial charge in [-0.15, -0.1) is 11.3 Å². The van der Waals surface area contributed by atoms with E-state index in [0.717, 1.165) is 24.8 Å². The first kappa shape index (κ1) is 12.5. The molecule has 3 rings (SSSR count). The summed E-state index contributed by atoms with van der Waals surface area (Å²) < 4.78 is 7.09. The molecule has 0 bridgehead atoms. The lowest BCUT2D eigenvalue weighted by atomic mass is 10.2. The molecule has 0 saturated carbocycles. The van der Waals surface area contributed by atoms with E-state index < -0.39 is 5.97 Å². The summed E-state index contributed by atoms with van der Waals surface area (Å²) in [5.74, 6) is -0.413. The maximum Gasteiger partial charge on any atom is 0.356 e. The summed E-state index contributed by atoms with van der Waals surface area (Å²) >= 11 is 5.10. The van der Waals surface area contributed by atoms with Crippen LogP contribution in [0, 0.1) is 0 Å². The van der Waals surface area contributed by atoms with Gasteiger partial charge in [-0.1, -0.05) is 22.0 Å². The molecule has 3 N–H and O–H groups in total. The molecule has 3 aromatic rings. The number of esters is 1. The average Bonchev–Trinajstić information content (AvgIpc) is 2.88. The molecule has 2 heterocycles. The second-order valence-electron chi connectivity index (χ2n) is 4.05. The molecule has 0 saturated heterocycles. The number of carbonyl (C=O) groups excluding carboxylic acids is 1. The number of H-pyrrole nitrogens is 1. The van der Waals surface area contributed by atoms with Crippen LogP contribution in [0.25, 0.3) is 20.3 Å². The smallest absolute Gasteiger partial charge is 0.356 e. The van der Waals surface area contributed by atoms with Gasteiger partial charge >= 0.3 is 5.97 Å². The van der Waals surface area contributed by atoms with Crippen LogP contribution in [0.5, 0.6) is 0 Å². The fourth-order valence-electron chi connectivity index (χ4n) is 2.12. The van der Waals surface area contributed by atoms with Gasteiger partial charge in [0.1, 0.15) is 10.5 Å². The van der Waals surface area contributed by atoms with Gasteiger partial charge < -0.3 is 15.5 Å². The van der Waals surface area contributed by atoms with Gasteiger partial charge in [-0.3, -0.25) is 0 Å². The van der Waals surface area contributed by atoms with Crippen LogP contribution in [0.1, 0.15) is 17.4 Å². The van der Waals surface area contributed by atoms with E-state index in [0.29, 0.717) is 18.0 Å². The number of aromatic amines is 1. The molecule has 4 nitrogen and oxygen atoms in total. The molecule has 19 heavy (non-hydrogen) atoms. The molecule has 98 valence electrons. The van der Waals surface area contributed by atoms with Gasteiger partial charge in [0.05, 0.1) is 12.3 Å². The van der Waals surface area contributed by atoms with Crippen molar-refractivity contribution in [2.45, 2.75) is 6.92 Å². The van der Waals surface area contributed by atoms with Crippen molar-refractivity contribution in [3.63, 3.8) is 0 Å². The first-order valence-corrected chi connectivity index (χ1v) is 7.39. The van der Waals surface area contributed by atoms with Crippen molar-refractivity contribution in [3.8, 4) is 0 Å². The fraction of sp³-hybridized carbons (Fsp3) is 0.154. The number of carbonyl (C=O) groups is 1. The van der Waals surface area contributed by atoms with E-state index in [2.05, 4.69) is 20.9 Å². The third kappa shape index (κ3) is 1.82. The zero-order valence-electron chi connectivity index (χ0n) is 10.1. The summed E-state index contributed by atoms with van der Waals surface area (Å²) in [6.07, 6.45) is 0. The predicted molar refractivity (Wildman–Crippen MR) is 81.8 cm³/mol. The largest absolute Gasteiger partial charge is 0.461 e. The highest BCUT2D eigenvalue weighted by atomic mass is 79.9. The Morgan fingerprint density at radius 1 is 1.47 bits per heavy atom. The number of hydrogen-bond acceptors (Lipinski definition) is 4. The molecule has 0 atom stereocenters. The van der Waals surface area contributed by atoms with Crippen LogP contribution in [0.3, 0.4) is 0 Å². The molecule has 0 aliphatic rings. The van der Waals surface area contributed by atoms with Crippen LogP contribution < -0.4 is 5.73 Å². The van der Waals surface area contributed by atoms with Gasteiger partial charge in [0.15, 0.2) is 0 Å². The molecule has 0 aliphatic carbocycles. The van der Waals surface area contributed by atoms with Crippen LogP contribution >= 0.6 is 27.3 Å². The molecule has 0 amide bonds. The standard InChI is InChI=1S/C13H11BrN2O2S/c1-2-18-13(17)11-10(15)9-8-6(14)4-3-5-7(8)19-12(9)16-11/h3-5,16H,2,15H2,1H3. The second-order valence-corrected chi connectivity index (χ2v) is 5.96. The van der Waals surface area contributed by atoms with Gasteiger partial charge in [-0.25, -0.2) is 4.79 Å². The Morgan fingerprint density at radius 3 is 3.00 bits per heavy atom. The summed E-state index contributed by atoms with van der Waals surface area (Å²) in [7, 11) is 0. The molecule has 0 spiro atoms. The zero-order valence-corrected chi connectivity index (χ0v) is 12.5. The Kier molecular flexibility index (Phi) is 2.99. The maximum absolute atomic E-state index is 11.8. The molecular formula is C13H11BrN2O2S. The number of nitrogens with two attached hydrogens (primary N) is 1. The summed E-state index contributed by atoms with van der Waals surface area (Å²) in [4.78, 5) is 15.8. The highest BCUT2D eigenvalue weighted by Gasteiger charge is 2.21. The van der Waals surface area contributed by atoms with E-state index in [1.54, 1.807) is 18.3 Å². The molecule has 1 aromatic carbocycles. The van der Waals surface area contributed by atoms with E-state index in [1.807, 2.05) is 18.2 Å². The number of hydrogen-bond donors (Lipinski definition) is 2. The molecule has 0 radical (unpaired) electrons. The van der Waals surface area contributed by atoms with Gasteiger partial charge in [0.2, 0.25) is 0 Å². The number of nitrogen functional groups attached to an aromatic ring is 1. The lowest BCUT2D eigenvalue weighted by molar-refractivity contribution is 0.0522. The minimum absolute atomic E-state index is 0.329. The van der Waals surface area contributed by atoms with Crippen LogP contribution in [0.15, 0.2) is 22.7 Å². The van der Waals surface area contributed by atoms with Crippen molar-refractivity contribution in [2.24, 2.45) is 0 Å². The Hall–Kier alpha value is -1.53. The quantitative estimate of drug-likeness (QED) is 0.696. The van der Waals surface area contributed by atoms with E-state index in [9.17, 15) is 4.79 Å². The number of nitrogens with one attached hydrogen (secondary N) is 1. The van der Waals surface area contributed by atoms with Crippen molar-refractivity contribution in [1.29, 1.82) is 0 Å². The number of benzene rings is 1. The SMILES string of the molecule is CCOC(=O)c1[nH]c2sc3cccc(Br)c3c2c1N. The number of rotatable bonds is 2. The minimum Gasteiger partial charge on any atom is -0.461 e. The number of thiophene rings is 1. The van der Waals surface area contributed by atoms with E-state index in [-0.39, 0.29) is 0 Å². The van der Waals surface area contributed by atoms with Gasteiger partial charge in [0.25, 0.3) is 0 Å². The summed E-state index contributed by atoms with van der Waals surface area (Å²) in [5.41, 5.74) is 6.89. The molecule has 6 heteroatoms. The monoisotopic (exact) mass is 338 g/mol. The van der Waals surface area contributed by atoms with Crippen LogP contribution in [-0.4, -0.2) is 17.6 Å². The lowest BCUT2D eigenvalue weighted by Gasteiger charge is -2.00. The number of halogens is 1. The van der Waals surface area contributed by atoms with Crippen LogP contribution in [0.4, 0.5) is 5.69 Å². The number of aromatic nitrogens is 1. The Labute approximate surface area is 121 Å². The average molecular weight is 339 g/mol. The van der Waals surface area contributed by atoms with Gasteiger partial charge in [-0.2, -0.15) is 0 Å². The topological polar surface area (TPSA) is 68.1 Å². The summed E-state index contributed by atoms with van der Waals surface area (Å²) in [6.45, 7) is 2.10. The predicted octanol–water partition coefficient (Wildman–Crippen LogP) is 3.90. The molecule has 2 aromatic heterocycles. The van der Waals surface area contributed by atoms with Crippen LogP contribution in [-0.2, 0) is 4.74 Å². The van der Waals surface area contributed by atoms with Gasteiger partial charge in [-0.05, 0) is 19.1 Å². The molecule has 0 fully saturated rings. The van der Waals surface area contributed by atoms with Crippen LogP contribution in [0.2, 0.25) is 0 Å². The summed E-state index contributed by atoms with van der Waals surface area (Å²) in [6, 6.07) is 5.97. The van der Waals surface area contributed by atoms with Crippen molar-refractivity contribution < 1.29 is 9.53 Å². The van der Waals surface area contributed by atoms with E-state index in [4.69, 9.17) is 10.5 Å². The number of anilines is 1. The Balaban J connectivity index is 2.31. The minimum atomic E-state index is -0.413.